The Morgan fingerprint density at radius 3 is 2.19 bits per heavy atom. The third-order valence-corrected chi connectivity index (χ3v) is 5.17. The van der Waals surface area contributed by atoms with E-state index in [0.29, 0.717) is 4.31 Å². The van der Waals surface area contributed by atoms with E-state index >= 15 is 0 Å². The zero-order valence-corrected chi connectivity index (χ0v) is 15.0. The summed E-state index contributed by atoms with van der Waals surface area (Å²) in [6.45, 7) is -1.62. The molecule has 0 fully saturated rings. The number of carboxylic acids is 2. The molecule has 10 heteroatoms. The van der Waals surface area contributed by atoms with E-state index in [9.17, 15) is 28.2 Å². The molecule has 2 rings (SSSR count). The van der Waals surface area contributed by atoms with Crippen LogP contribution in [0.1, 0.15) is 0 Å². The number of hydrogen-bond donors (Lipinski definition) is 0. The molecule has 9 nitrogen and oxygen atoms in total. The van der Waals surface area contributed by atoms with Crippen LogP contribution in [-0.2, 0) is 19.6 Å². The molecule has 2 aromatic rings. The Kier molecular flexibility index (Phi) is 6.24. The average Bonchev–Trinajstić information content (AvgIpc) is 2.64. The van der Waals surface area contributed by atoms with Crippen LogP contribution < -0.4 is 24.0 Å². The van der Waals surface area contributed by atoms with Crippen molar-refractivity contribution in [3.8, 4) is 11.5 Å². The van der Waals surface area contributed by atoms with Gasteiger partial charge in [-0.25, -0.2) is 8.42 Å². The molecule has 0 amide bonds. The topological polar surface area (TPSA) is 136 Å². The highest BCUT2D eigenvalue weighted by Gasteiger charge is 2.27. The molecule has 27 heavy (non-hydrogen) atoms. The van der Waals surface area contributed by atoms with E-state index in [4.69, 9.17) is 9.47 Å². The minimum absolute atomic E-state index is 0.0291. The van der Waals surface area contributed by atoms with Crippen LogP contribution in [0.15, 0.2) is 53.4 Å². The molecule has 0 atom stereocenters. The zero-order valence-electron chi connectivity index (χ0n) is 14.2. The van der Waals surface area contributed by atoms with Gasteiger partial charge >= 0.3 is 0 Å². The van der Waals surface area contributed by atoms with Crippen molar-refractivity contribution < 1.29 is 37.7 Å². The summed E-state index contributed by atoms with van der Waals surface area (Å²) in [4.78, 5) is 21.3. The minimum Gasteiger partial charge on any atom is -0.548 e. The summed E-state index contributed by atoms with van der Waals surface area (Å²) in [6, 6.07) is 10.8. The van der Waals surface area contributed by atoms with Gasteiger partial charge < -0.3 is 29.3 Å². The Morgan fingerprint density at radius 1 is 1.00 bits per heavy atom. The number of sulfonamides is 1. The molecule has 0 N–H and O–H groups in total. The molecule has 144 valence electrons. The first-order valence-electron chi connectivity index (χ1n) is 7.54. The first-order chi connectivity index (χ1) is 12.8. The summed E-state index contributed by atoms with van der Waals surface area (Å²) in [5.74, 6) is -2.75. The molecule has 0 aliphatic heterocycles. The van der Waals surface area contributed by atoms with Gasteiger partial charge in [0, 0.05) is 0 Å². The largest absolute Gasteiger partial charge is 0.548 e. The van der Waals surface area contributed by atoms with Crippen LogP contribution in [-0.4, -0.2) is 40.6 Å². The van der Waals surface area contributed by atoms with Crippen molar-refractivity contribution in [1.82, 2.24) is 0 Å². The molecule has 0 saturated carbocycles. The van der Waals surface area contributed by atoms with Crippen molar-refractivity contribution in [2.75, 3.05) is 24.6 Å². The van der Waals surface area contributed by atoms with E-state index in [1.165, 1.54) is 37.4 Å². The summed E-state index contributed by atoms with van der Waals surface area (Å²) in [5, 5.41) is 21.5. The fraction of sp³-hybridized carbons (Fsp3) is 0.176. The standard InChI is InChI=1S/C17H17NO8S/c1-25-15-5-3-2-4-14(15)18(10-16(19)20)27(23,24)13-8-6-12(7-9-13)26-11-17(21)22/h2-9H,10-11H2,1H3,(H,19,20)(H,21,22)/p-2. The predicted octanol–water partition coefficient (Wildman–Crippen LogP) is -1.23. The number of rotatable bonds is 9. The van der Waals surface area contributed by atoms with Crippen LogP contribution in [0.2, 0.25) is 0 Å². The van der Waals surface area contributed by atoms with Crippen LogP contribution in [0.3, 0.4) is 0 Å². The fourth-order valence-corrected chi connectivity index (χ4v) is 3.65. The Balaban J connectivity index is 2.42. The van der Waals surface area contributed by atoms with Gasteiger partial charge in [-0.1, -0.05) is 12.1 Å². The van der Waals surface area contributed by atoms with Crippen LogP contribution in [0.4, 0.5) is 5.69 Å². The molecule has 0 radical (unpaired) electrons. The molecule has 0 heterocycles. The third-order valence-electron chi connectivity index (χ3n) is 3.39. The molecule has 0 spiro atoms. The first kappa shape index (κ1) is 20.0. The number of anilines is 1. The number of aliphatic carboxylic acids is 2. The summed E-state index contributed by atoms with van der Waals surface area (Å²) in [7, 11) is -2.96. The normalized spacial score (nSPS) is 10.9. The number of carbonyl (C=O) groups excluding carboxylic acids is 2. The summed E-state index contributed by atoms with van der Waals surface area (Å²) >= 11 is 0. The van der Waals surface area contributed by atoms with Crippen LogP contribution in [0, 0.1) is 0 Å². The number of nitrogens with zero attached hydrogens (tertiary/aromatic N) is 1. The van der Waals surface area contributed by atoms with Gasteiger partial charge in [0.15, 0.2) is 0 Å². The number of ether oxygens (including phenoxy) is 2. The van der Waals surface area contributed by atoms with E-state index in [0.717, 1.165) is 12.1 Å². The van der Waals surface area contributed by atoms with Gasteiger partial charge in [-0.3, -0.25) is 4.31 Å². The highest BCUT2D eigenvalue weighted by atomic mass is 32.2. The lowest BCUT2D eigenvalue weighted by Gasteiger charge is -2.26. The van der Waals surface area contributed by atoms with Crippen molar-refractivity contribution >= 4 is 27.6 Å². The van der Waals surface area contributed by atoms with Crippen molar-refractivity contribution in [3.63, 3.8) is 0 Å². The minimum atomic E-state index is -4.28. The smallest absolute Gasteiger partial charge is 0.264 e. The Bertz CT molecular complexity index is 924. The SMILES string of the molecule is COc1ccccc1N(CC(=O)[O-])S(=O)(=O)c1ccc(OCC(=O)[O-])cc1. The monoisotopic (exact) mass is 393 g/mol. The van der Waals surface area contributed by atoms with Crippen molar-refractivity contribution in [1.29, 1.82) is 0 Å². The molecule has 0 aliphatic rings. The summed E-state index contributed by atoms with van der Waals surface area (Å²) in [6.07, 6.45) is 0. The Labute approximate surface area is 155 Å². The van der Waals surface area contributed by atoms with Crippen molar-refractivity contribution in [2.24, 2.45) is 0 Å². The van der Waals surface area contributed by atoms with Crippen LogP contribution in [0.5, 0.6) is 11.5 Å². The maximum Gasteiger partial charge on any atom is 0.264 e. The highest BCUT2D eigenvalue weighted by molar-refractivity contribution is 7.92. The van der Waals surface area contributed by atoms with E-state index in [2.05, 4.69) is 0 Å². The quantitative estimate of drug-likeness (QED) is 0.516. The second kappa shape index (κ2) is 8.41. The molecule has 2 aromatic carbocycles. The van der Waals surface area contributed by atoms with E-state index in [-0.39, 0.29) is 22.1 Å². The Morgan fingerprint density at radius 2 is 1.63 bits per heavy atom. The number of methoxy groups -OCH3 is 1. The predicted molar refractivity (Wildman–Crippen MR) is 89.5 cm³/mol. The molecule has 0 aromatic heterocycles. The van der Waals surface area contributed by atoms with Gasteiger partial charge in [0.2, 0.25) is 0 Å². The fourth-order valence-electron chi connectivity index (χ4n) is 2.23. The van der Waals surface area contributed by atoms with Gasteiger partial charge in [0.05, 0.1) is 36.2 Å². The number of benzene rings is 2. The van der Waals surface area contributed by atoms with E-state index in [1.54, 1.807) is 6.07 Å². The second-order valence-corrected chi connectivity index (χ2v) is 7.05. The molecule has 0 aliphatic carbocycles. The highest BCUT2D eigenvalue weighted by Crippen LogP contribution is 2.32. The number of para-hydroxylation sites is 2. The molecule has 0 bridgehead atoms. The average molecular weight is 393 g/mol. The van der Waals surface area contributed by atoms with Gasteiger partial charge in [0.25, 0.3) is 10.0 Å². The third kappa shape index (κ3) is 4.88. The van der Waals surface area contributed by atoms with Gasteiger partial charge in [-0.2, -0.15) is 0 Å². The zero-order chi connectivity index (χ0) is 20.0. The van der Waals surface area contributed by atoms with Crippen molar-refractivity contribution in [3.05, 3.63) is 48.5 Å². The maximum absolute atomic E-state index is 12.9. The first-order valence-corrected chi connectivity index (χ1v) is 8.98. The number of hydrogen-bond acceptors (Lipinski definition) is 8. The van der Waals surface area contributed by atoms with Crippen LogP contribution in [0.25, 0.3) is 0 Å². The molecular weight excluding hydrogens is 378 g/mol. The molecule has 0 saturated heterocycles. The lowest BCUT2D eigenvalue weighted by atomic mass is 10.3. The van der Waals surface area contributed by atoms with Gasteiger partial charge in [-0.15, -0.1) is 0 Å². The molecular formula is C17H15NO8S-2. The Hall–Kier alpha value is -3.27. The lowest BCUT2D eigenvalue weighted by Crippen LogP contribution is -2.41. The lowest BCUT2D eigenvalue weighted by molar-refractivity contribution is -0.307. The summed E-state index contributed by atoms with van der Waals surface area (Å²) < 4.78 is 36.5. The van der Waals surface area contributed by atoms with E-state index in [1.807, 2.05) is 0 Å². The number of carbonyl (C=O) groups is 2. The summed E-state index contributed by atoms with van der Waals surface area (Å²) in [5.41, 5.74) is 0.0291. The van der Waals surface area contributed by atoms with Crippen molar-refractivity contribution in [2.45, 2.75) is 4.90 Å². The number of carboxylic acid groups (broad SMARTS) is 2. The molecule has 0 unspecified atom stereocenters. The van der Waals surface area contributed by atoms with Gasteiger partial charge in [0.1, 0.15) is 18.1 Å². The van der Waals surface area contributed by atoms with E-state index < -0.39 is 35.1 Å². The van der Waals surface area contributed by atoms with Crippen LogP contribution >= 0.6 is 0 Å². The van der Waals surface area contributed by atoms with Gasteiger partial charge in [-0.05, 0) is 36.4 Å². The maximum atomic E-state index is 12.9. The second-order valence-electron chi connectivity index (χ2n) is 5.19.